The fraction of sp³-hybridized carbons (Fsp3) is 0.0625. The van der Waals surface area contributed by atoms with Crippen LogP contribution >= 0.6 is 0 Å². The lowest BCUT2D eigenvalue weighted by molar-refractivity contribution is 0.0651. The maximum atomic E-state index is 10.7. The number of benzene rings is 1. The van der Waals surface area contributed by atoms with Gasteiger partial charge in [-0.2, -0.15) is 0 Å². The van der Waals surface area contributed by atoms with E-state index in [1.165, 1.54) is 6.07 Å². The average Bonchev–Trinajstić information content (AvgIpc) is 3.04. The van der Waals surface area contributed by atoms with Gasteiger partial charge < -0.3 is 14.4 Å². The molecule has 0 radical (unpaired) electrons. The molecule has 110 valence electrons. The van der Waals surface area contributed by atoms with Crippen LogP contribution in [0.3, 0.4) is 0 Å². The number of aromatic nitrogens is 2. The Morgan fingerprint density at radius 1 is 1.09 bits per heavy atom. The van der Waals surface area contributed by atoms with Crippen LogP contribution in [-0.4, -0.2) is 21.2 Å². The molecule has 0 amide bonds. The van der Waals surface area contributed by atoms with Crippen molar-refractivity contribution in [2.75, 3.05) is 0 Å². The maximum absolute atomic E-state index is 10.7. The highest BCUT2D eigenvalue weighted by atomic mass is 16.5. The molecule has 0 spiro atoms. The van der Waals surface area contributed by atoms with Gasteiger partial charge in [-0.25, -0.2) is 4.79 Å². The Labute approximate surface area is 126 Å². The van der Waals surface area contributed by atoms with Crippen LogP contribution in [0.4, 0.5) is 0 Å². The first-order valence-corrected chi connectivity index (χ1v) is 6.54. The molecule has 6 nitrogen and oxygen atoms in total. The third-order valence-electron chi connectivity index (χ3n) is 3.05. The van der Waals surface area contributed by atoms with Gasteiger partial charge in [-0.3, -0.25) is 4.98 Å². The molecule has 2 heterocycles. The highest BCUT2D eigenvalue weighted by molar-refractivity contribution is 5.84. The molecule has 3 rings (SSSR count). The largest absolute Gasteiger partial charge is 0.475 e. The summed E-state index contributed by atoms with van der Waals surface area (Å²) in [5.74, 6) is -1.28. The van der Waals surface area contributed by atoms with E-state index in [9.17, 15) is 4.79 Å². The Morgan fingerprint density at radius 3 is 2.41 bits per heavy atom. The molecular weight excluding hydrogens is 284 g/mol. The molecule has 6 heteroatoms. The van der Waals surface area contributed by atoms with Gasteiger partial charge in [0.15, 0.2) is 0 Å². The number of carboxylic acids is 1. The minimum atomic E-state index is -1.18. The summed E-state index contributed by atoms with van der Waals surface area (Å²) in [4.78, 5) is 14.7. The molecule has 0 bridgehead atoms. The van der Waals surface area contributed by atoms with Crippen LogP contribution in [0.15, 0.2) is 59.4 Å². The molecule has 1 N–H and O–H groups in total. The lowest BCUT2D eigenvalue weighted by Gasteiger charge is -2.04. The van der Waals surface area contributed by atoms with E-state index in [0.29, 0.717) is 0 Å². The van der Waals surface area contributed by atoms with Crippen LogP contribution in [0.1, 0.15) is 16.1 Å². The van der Waals surface area contributed by atoms with Crippen molar-refractivity contribution < 1.29 is 19.2 Å². The summed E-state index contributed by atoms with van der Waals surface area (Å²) >= 11 is 0. The maximum Gasteiger partial charge on any atom is 0.374 e. The molecule has 0 unspecified atom stereocenters. The summed E-state index contributed by atoms with van der Waals surface area (Å²) in [6.45, 7) is 0.280. The first kappa shape index (κ1) is 13.8. The van der Waals surface area contributed by atoms with Crippen molar-refractivity contribution in [1.29, 1.82) is 0 Å². The van der Waals surface area contributed by atoms with E-state index in [2.05, 4.69) is 14.7 Å². The molecule has 0 aliphatic rings. The molecule has 0 saturated heterocycles. The van der Waals surface area contributed by atoms with E-state index >= 15 is 0 Å². The second kappa shape index (κ2) is 6.09. The van der Waals surface area contributed by atoms with Gasteiger partial charge in [-0.1, -0.05) is 24.3 Å². The smallest absolute Gasteiger partial charge is 0.374 e. The number of nitrogens with zero attached hydrogens (tertiary/aromatic N) is 2. The number of carbonyl (C=O) groups is 1. The van der Waals surface area contributed by atoms with Crippen LogP contribution in [-0.2, 0) is 6.61 Å². The van der Waals surface area contributed by atoms with E-state index in [1.54, 1.807) is 12.4 Å². The summed E-state index contributed by atoms with van der Waals surface area (Å²) in [6, 6.07) is 13.0. The zero-order valence-corrected chi connectivity index (χ0v) is 11.5. The normalized spacial score (nSPS) is 10.4. The monoisotopic (exact) mass is 296 g/mol. The van der Waals surface area contributed by atoms with Gasteiger partial charge in [0.05, 0.1) is 6.07 Å². The predicted octanol–water partition coefficient (Wildman–Crippen LogP) is 3.01. The van der Waals surface area contributed by atoms with Crippen LogP contribution in [0.5, 0.6) is 5.88 Å². The van der Waals surface area contributed by atoms with Gasteiger partial charge in [0.2, 0.25) is 5.76 Å². The Balaban J connectivity index is 1.65. The number of pyridine rings is 1. The van der Waals surface area contributed by atoms with Crippen molar-refractivity contribution in [3.8, 4) is 17.0 Å². The zero-order chi connectivity index (χ0) is 15.4. The van der Waals surface area contributed by atoms with Gasteiger partial charge in [-0.05, 0) is 34.0 Å². The third-order valence-corrected chi connectivity index (χ3v) is 3.05. The van der Waals surface area contributed by atoms with Crippen LogP contribution in [0.25, 0.3) is 11.1 Å². The third kappa shape index (κ3) is 3.12. The Hall–Kier alpha value is -3.15. The zero-order valence-electron chi connectivity index (χ0n) is 11.5. The lowest BCUT2D eigenvalue weighted by atomic mass is 10.1. The van der Waals surface area contributed by atoms with Crippen molar-refractivity contribution in [2.45, 2.75) is 6.61 Å². The van der Waals surface area contributed by atoms with Crippen molar-refractivity contribution in [1.82, 2.24) is 10.1 Å². The Kier molecular flexibility index (Phi) is 3.82. The summed E-state index contributed by atoms with van der Waals surface area (Å²) in [5.41, 5.74) is 3.11. The summed E-state index contributed by atoms with van der Waals surface area (Å²) < 4.78 is 10.0. The first-order valence-electron chi connectivity index (χ1n) is 6.54. The molecule has 2 aromatic heterocycles. The Bertz CT molecular complexity index is 766. The number of rotatable bonds is 5. The standard InChI is InChI=1S/C16H12N2O4/c19-16(20)14-9-15(18-22-14)21-10-11-1-3-12(4-2-11)13-5-7-17-8-6-13/h1-9H,10H2,(H,19,20). The van der Waals surface area contributed by atoms with Gasteiger partial charge in [0.1, 0.15) is 6.61 Å². The van der Waals surface area contributed by atoms with Crippen molar-refractivity contribution in [3.05, 3.63) is 66.2 Å². The van der Waals surface area contributed by atoms with E-state index in [1.807, 2.05) is 36.4 Å². The molecule has 0 saturated carbocycles. The van der Waals surface area contributed by atoms with Crippen LogP contribution in [0, 0.1) is 0 Å². The molecule has 1 aromatic carbocycles. The number of hydrogen-bond donors (Lipinski definition) is 1. The van der Waals surface area contributed by atoms with E-state index in [0.717, 1.165) is 16.7 Å². The molecule has 0 atom stereocenters. The minimum absolute atomic E-state index is 0.149. The number of ether oxygens (including phenoxy) is 1. The van der Waals surface area contributed by atoms with E-state index in [4.69, 9.17) is 9.84 Å². The van der Waals surface area contributed by atoms with E-state index < -0.39 is 5.97 Å². The molecule has 0 aliphatic heterocycles. The summed E-state index contributed by atoms with van der Waals surface area (Å²) in [5, 5.41) is 12.3. The van der Waals surface area contributed by atoms with Crippen LogP contribution in [0.2, 0.25) is 0 Å². The van der Waals surface area contributed by atoms with Crippen LogP contribution < -0.4 is 4.74 Å². The van der Waals surface area contributed by atoms with Crippen molar-refractivity contribution >= 4 is 5.97 Å². The molecule has 3 aromatic rings. The fourth-order valence-corrected chi connectivity index (χ4v) is 1.92. The second-order valence-electron chi connectivity index (χ2n) is 4.56. The summed E-state index contributed by atoms with van der Waals surface area (Å²) in [7, 11) is 0. The molecule has 22 heavy (non-hydrogen) atoms. The number of carboxylic acid groups (broad SMARTS) is 1. The van der Waals surface area contributed by atoms with Crippen molar-refractivity contribution in [3.63, 3.8) is 0 Å². The average molecular weight is 296 g/mol. The van der Waals surface area contributed by atoms with E-state index in [-0.39, 0.29) is 18.2 Å². The molecule has 0 aliphatic carbocycles. The number of aromatic carboxylic acids is 1. The van der Waals surface area contributed by atoms with Crippen molar-refractivity contribution in [2.24, 2.45) is 0 Å². The quantitative estimate of drug-likeness (QED) is 0.779. The number of hydrogen-bond acceptors (Lipinski definition) is 5. The molecule has 0 fully saturated rings. The predicted molar refractivity (Wildman–Crippen MR) is 77.5 cm³/mol. The lowest BCUT2D eigenvalue weighted by Crippen LogP contribution is -1.95. The van der Waals surface area contributed by atoms with Gasteiger partial charge in [-0.15, -0.1) is 0 Å². The Morgan fingerprint density at radius 2 is 1.77 bits per heavy atom. The minimum Gasteiger partial charge on any atom is -0.475 e. The van der Waals surface area contributed by atoms with Gasteiger partial charge in [0, 0.05) is 12.4 Å². The molecular formula is C16H12N2O4. The fourth-order valence-electron chi connectivity index (χ4n) is 1.92. The topological polar surface area (TPSA) is 85.5 Å². The SMILES string of the molecule is O=C(O)c1cc(OCc2ccc(-c3ccncc3)cc2)no1. The highest BCUT2D eigenvalue weighted by Gasteiger charge is 2.11. The second-order valence-corrected chi connectivity index (χ2v) is 4.56. The first-order chi connectivity index (χ1) is 10.7. The van der Waals surface area contributed by atoms with Gasteiger partial charge >= 0.3 is 5.97 Å². The van der Waals surface area contributed by atoms with Gasteiger partial charge in [0.25, 0.3) is 5.88 Å². The highest BCUT2D eigenvalue weighted by Crippen LogP contribution is 2.19. The summed E-state index contributed by atoms with van der Waals surface area (Å²) in [6.07, 6.45) is 3.49.